The lowest BCUT2D eigenvalue weighted by Crippen LogP contribution is -2.50. The number of carbonyl (C=O) groups excluding carboxylic acids is 1. The minimum atomic E-state index is -1.01. The molecule has 1 aliphatic rings. The Morgan fingerprint density at radius 1 is 1.54 bits per heavy atom. The SMILES string of the molecule is CCOC1OC(C)C(O)C(=O)C1C. The maximum atomic E-state index is 11.4. The van der Waals surface area contributed by atoms with Crippen LogP contribution in [-0.4, -0.2) is 36.0 Å². The van der Waals surface area contributed by atoms with E-state index in [0.29, 0.717) is 6.61 Å². The summed E-state index contributed by atoms with van der Waals surface area (Å²) in [5.41, 5.74) is 0. The van der Waals surface area contributed by atoms with Crippen LogP contribution in [-0.2, 0) is 14.3 Å². The third kappa shape index (κ3) is 2.07. The van der Waals surface area contributed by atoms with Crippen molar-refractivity contribution in [2.45, 2.75) is 39.3 Å². The number of hydrogen-bond donors (Lipinski definition) is 1. The molecule has 1 saturated heterocycles. The van der Waals surface area contributed by atoms with E-state index in [2.05, 4.69) is 0 Å². The molecular formula is C9H16O4. The predicted molar refractivity (Wildman–Crippen MR) is 46.1 cm³/mol. The summed E-state index contributed by atoms with van der Waals surface area (Å²) in [6.45, 7) is 5.72. The number of aliphatic hydroxyl groups excluding tert-OH is 1. The lowest BCUT2D eigenvalue weighted by atomic mass is 9.95. The molecule has 1 aliphatic heterocycles. The molecule has 0 aromatic rings. The summed E-state index contributed by atoms with van der Waals surface area (Å²) in [6.07, 6.45) is -1.98. The van der Waals surface area contributed by atoms with Gasteiger partial charge in [0.1, 0.15) is 6.10 Å². The molecule has 0 radical (unpaired) electrons. The third-order valence-corrected chi connectivity index (χ3v) is 2.27. The van der Waals surface area contributed by atoms with Crippen LogP contribution in [0.5, 0.6) is 0 Å². The fourth-order valence-electron chi connectivity index (χ4n) is 1.39. The molecule has 0 aromatic heterocycles. The fraction of sp³-hybridized carbons (Fsp3) is 0.889. The number of carbonyl (C=O) groups is 1. The molecular weight excluding hydrogens is 172 g/mol. The van der Waals surface area contributed by atoms with E-state index in [4.69, 9.17) is 9.47 Å². The highest BCUT2D eigenvalue weighted by atomic mass is 16.7. The summed E-state index contributed by atoms with van der Waals surface area (Å²) in [6, 6.07) is 0. The van der Waals surface area contributed by atoms with Gasteiger partial charge in [-0.05, 0) is 13.8 Å². The molecule has 1 N–H and O–H groups in total. The Bertz CT molecular complexity index is 192. The highest BCUT2D eigenvalue weighted by Crippen LogP contribution is 2.22. The molecule has 4 nitrogen and oxygen atoms in total. The van der Waals surface area contributed by atoms with E-state index in [0.717, 1.165) is 0 Å². The number of ether oxygens (including phenoxy) is 2. The second kappa shape index (κ2) is 4.17. The number of rotatable bonds is 2. The molecule has 4 atom stereocenters. The molecule has 4 heteroatoms. The van der Waals surface area contributed by atoms with Crippen LogP contribution in [0, 0.1) is 5.92 Å². The van der Waals surface area contributed by atoms with Crippen LogP contribution < -0.4 is 0 Å². The molecule has 13 heavy (non-hydrogen) atoms. The number of aliphatic hydroxyl groups is 1. The Morgan fingerprint density at radius 2 is 2.15 bits per heavy atom. The Balaban J connectivity index is 2.64. The molecule has 0 amide bonds. The first-order valence-corrected chi connectivity index (χ1v) is 4.56. The Kier molecular flexibility index (Phi) is 3.41. The van der Waals surface area contributed by atoms with Crippen molar-refractivity contribution < 1.29 is 19.4 Å². The molecule has 1 fully saturated rings. The van der Waals surface area contributed by atoms with Gasteiger partial charge < -0.3 is 14.6 Å². The minimum Gasteiger partial charge on any atom is -0.383 e. The van der Waals surface area contributed by atoms with E-state index in [1.54, 1.807) is 13.8 Å². The van der Waals surface area contributed by atoms with E-state index in [-0.39, 0.29) is 11.7 Å². The lowest BCUT2D eigenvalue weighted by molar-refractivity contribution is -0.229. The molecule has 1 heterocycles. The smallest absolute Gasteiger partial charge is 0.171 e. The van der Waals surface area contributed by atoms with Gasteiger partial charge in [-0.1, -0.05) is 6.92 Å². The van der Waals surface area contributed by atoms with Crippen molar-refractivity contribution >= 4 is 5.78 Å². The van der Waals surface area contributed by atoms with Gasteiger partial charge in [0, 0.05) is 6.61 Å². The zero-order valence-corrected chi connectivity index (χ0v) is 8.19. The summed E-state index contributed by atoms with van der Waals surface area (Å²) in [7, 11) is 0. The largest absolute Gasteiger partial charge is 0.383 e. The predicted octanol–water partition coefficient (Wildman–Crippen LogP) is 0.334. The summed E-state index contributed by atoms with van der Waals surface area (Å²) in [5.74, 6) is -0.580. The highest BCUT2D eigenvalue weighted by molar-refractivity contribution is 5.86. The average Bonchev–Trinajstić information content (AvgIpc) is 2.11. The molecule has 4 unspecified atom stereocenters. The van der Waals surface area contributed by atoms with E-state index in [1.807, 2.05) is 6.92 Å². The second-order valence-corrected chi connectivity index (χ2v) is 3.30. The van der Waals surface area contributed by atoms with Crippen LogP contribution in [0.1, 0.15) is 20.8 Å². The molecule has 0 aliphatic carbocycles. The normalized spacial score (nSPS) is 40.8. The van der Waals surface area contributed by atoms with Crippen molar-refractivity contribution in [1.29, 1.82) is 0 Å². The van der Waals surface area contributed by atoms with Gasteiger partial charge in [-0.2, -0.15) is 0 Å². The summed E-state index contributed by atoms with van der Waals surface area (Å²) >= 11 is 0. The standard InChI is InChI=1S/C9H16O4/c1-4-12-9-5(2)7(10)8(11)6(3)13-9/h5-6,8-9,11H,4H2,1-3H3. The van der Waals surface area contributed by atoms with Crippen molar-refractivity contribution in [3.63, 3.8) is 0 Å². The van der Waals surface area contributed by atoms with E-state index < -0.39 is 18.5 Å². The summed E-state index contributed by atoms with van der Waals surface area (Å²) < 4.78 is 10.6. The molecule has 0 saturated carbocycles. The molecule has 0 bridgehead atoms. The van der Waals surface area contributed by atoms with Crippen molar-refractivity contribution in [3.8, 4) is 0 Å². The van der Waals surface area contributed by atoms with Gasteiger partial charge in [-0.25, -0.2) is 0 Å². The van der Waals surface area contributed by atoms with Gasteiger partial charge in [-0.3, -0.25) is 4.79 Å². The summed E-state index contributed by atoms with van der Waals surface area (Å²) in [5, 5.41) is 9.37. The van der Waals surface area contributed by atoms with Crippen LogP contribution in [0.4, 0.5) is 0 Å². The van der Waals surface area contributed by atoms with Gasteiger partial charge in [0.25, 0.3) is 0 Å². The van der Waals surface area contributed by atoms with Gasteiger partial charge >= 0.3 is 0 Å². The second-order valence-electron chi connectivity index (χ2n) is 3.30. The zero-order valence-electron chi connectivity index (χ0n) is 8.19. The van der Waals surface area contributed by atoms with Crippen LogP contribution in [0.15, 0.2) is 0 Å². The van der Waals surface area contributed by atoms with Gasteiger partial charge in [-0.15, -0.1) is 0 Å². The molecule has 1 rings (SSSR count). The number of Topliss-reactive ketones (excluding diaryl/α,β-unsaturated/α-hetero) is 1. The van der Waals surface area contributed by atoms with Crippen molar-refractivity contribution in [2.75, 3.05) is 6.61 Å². The van der Waals surface area contributed by atoms with E-state index in [9.17, 15) is 9.90 Å². The van der Waals surface area contributed by atoms with Crippen LogP contribution in [0.25, 0.3) is 0 Å². The monoisotopic (exact) mass is 188 g/mol. The first-order valence-electron chi connectivity index (χ1n) is 4.56. The first kappa shape index (κ1) is 10.6. The van der Waals surface area contributed by atoms with Crippen molar-refractivity contribution in [2.24, 2.45) is 5.92 Å². The fourth-order valence-corrected chi connectivity index (χ4v) is 1.39. The van der Waals surface area contributed by atoms with Gasteiger partial charge in [0.2, 0.25) is 0 Å². The highest BCUT2D eigenvalue weighted by Gasteiger charge is 2.39. The Labute approximate surface area is 77.8 Å². The maximum absolute atomic E-state index is 11.4. The molecule has 0 aromatic carbocycles. The third-order valence-electron chi connectivity index (χ3n) is 2.27. The molecule has 0 spiro atoms. The minimum absolute atomic E-state index is 0.197. The first-order chi connectivity index (χ1) is 6.07. The topological polar surface area (TPSA) is 55.8 Å². The average molecular weight is 188 g/mol. The number of hydrogen-bond acceptors (Lipinski definition) is 4. The maximum Gasteiger partial charge on any atom is 0.171 e. The van der Waals surface area contributed by atoms with Crippen LogP contribution in [0.2, 0.25) is 0 Å². The Morgan fingerprint density at radius 3 is 2.69 bits per heavy atom. The summed E-state index contributed by atoms with van der Waals surface area (Å²) in [4.78, 5) is 11.4. The van der Waals surface area contributed by atoms with Crippen molar-refractivity contribution in [3.05, 3.63) is 0 Å². The van der Waals surface area contributed by atoms with Crippen molar-refractivity contribution in [1.82, 2.24) is 0 Å². The lowest BCUT2D eigenvalue weighted by Gasteiger charge is -2.34. The van der Waals surface area contributed by atoms with Crippen LogP contribution in [0.3, 0.4) is 0 Å². The van der Waals surface area contributed by atoms with E-state index in [1.165, 1.54) is 0 Å². The van der Waals surface area contributed by atoms with Gasteiger partial charge in [0.05, 0.1) is 12.0 Å². The van der Waals surface area contributed by atoms with E-state index >= 15 is 0 Å². The number of ketones is 1. The van der Waals surface area contributed by atoms with Crippen LogP contribution >= 0.6 is 0 Å². The zero-order chi connectivity index (χ0) is 10.0. The van der Waals surface area contributed by atoms with Gasteiger partial charge in [0.15, 0.2) is 12.1 Å². The molecule has 76 valence electrons. The quantitative estimate of drug-likeness (QED) is 0.678. The Hall–Kier alpha value is -0.450.